The SMILES string of the molecule is CCCCCCCCC(O)C(CCCCCCCC(=O)OCC)OCCCCCCO. The highest BCUT2D eigenvalue weighted by atomic mass is 16.5. The van der Waals surface area contributed by atoms with Crippen LogP contribution in [0.4, 0.5) is 0 Å². The van der Waals surface area contributed by atoms with Gasteiger partial charge in [-0.2, -0.15) is 0 Å². The lowest BCUT2D eigenvalue weighted by molar-refractivity contribution is -0.143. The summed E-state index contributed by atoms with van der Waals surface area (Å²) in [4.78, 5) is 11.4. The fraction of sp³-hybridized carbons (Fsp3) is 0.962. The molecule has 0 aliphatic rings. The van der Waals surface area contributed by atoms with Crippen LogP contribution in [0, 0.1) is 0 Å². The van der Waals surface area contributed by atoms with E-state index in [1.807, 2.05) is 6.92 Å². The van der Waals surface area contributed by atoms with Crippen LogP contribution in [0.1, 0.15) is 129 Å². The Kier molecular flexibility index (Phi) is 23.5. The third kappa shape index (κ3) is 21.0. The van der Waals surface area contributed by atoms with E-state index in [9.17, 15) is 9.90 Å². The second kappa shape index (κ2) is 24.0. The number of rotatable bonds is 24. The van der Waals surface area contributed by atoms with Gasteiger partial charge < -0.3 is 19.7 Å². The molecule has 2 atom stereocenters. The molecular weight excluding hydrogens is 392 g/mol. The number of aliphatic hydroxyl groups excluding tert-OH is 2. The summed E-state index contributed by atoms with van der Waals surface area (Å²) in [7, 11) is 0. The monoisotopic (exact) mass is 444 g/mol. The lowest BCUT2D eigenvalue weighted by Crippen LogP contribution is -2.29. The largest absolute Gasteiger partial charge is 0.466 e. The maximum absolute atomic E-state index is 11.4. The normalized spacial score (nSPS) is 13.3. The van der Waals surface area contributed by atoms with Crippen LogP contribution >= 0.6 is 0 Å². The number of carbonyl (C=O) groups is 1. The van der Waals surface area contributed by atoms with E-state index >= 15 is 0 Å². The highest BCUT2D eigenvalue weighted by molar-refractivity contribution is 5.69. The summed E-state index contributed by atoms with van der Waals surface area (Å²) < 4.78 is 11.1. The molecule has 0 amide bonds. The summed E-state index contributed by atoms with van der Waals surface area (Å²) in [6.45, 7) is 5.49. The lowest BCUT2D eigenvalue weighted by Gasteiger charge is -2.24. The molecule has 0 radical (unpaired) electrons. The van der Waals surface area contributed by atoms with Crippen LogP contribution in [0.3, 0.4) is 0 Å². The zero-order valence-corrected chi connectivity index (χ0v) is 20.6. The first-order chi connectivity index (χ1) is 15.2. The minimum atomic E-state index is -0.368. The Morgan fingerprint density at radius 2 is 1.32 bits per heavy atom. The number of aliphatic hydroxyl groups is 2. The second-order valence-electron chi connectivity index (χ2n) is 8.78. The van der Waals surface area contributed by atoms with Gasteiger partial charge in [-0.25, -0.2) is 0 Å². The zero-order chi connectivity index (χ0) is 23.0. The van der Waals surface area contributed by atoms with Crippen molar-refractivity contribution in [3.8, 4) is 0 Å². The maximum atomic E-state index is 11.4. The van der Waals surface area contributed by atoms with Crippen molar-refractivity contribution in [1.82, 2.24) is 0 Å². The summed E-state index contributed by atoms with van der Waals surface area (Å²) in [6, 6.07) is 0. The highest BCUT2D eigenvalue weighted by Crippen LogP contribution is 2.18. The summed E-state index contributed by atoms with van der Waals surface area (Å²) in [5.41, 5.74) is 0. The van der Waals surface area contributed by atoms with Crippen molar-refractivity contribution >= 4 is 5.97 Å². The molecule has 0 fully saturated rings. The predicted octanol–water partition coefficient (Wildman–Crippen LogP) is 6.33. The average molecular weight is 445 g/mol. The van der Waals surface area contributed by atoms with Gasteiger partial charge >= 0.3 is 5.97 Å². The molecule has 0 saturated heterocycles. The predicted molar refractivity (Wildman–Crippen MR) is 128 cm³/mol. The Hall–Kier alpha value is -0.650. The van der Waals surface area contributed by atoms with Gasteiger partial charge in [0.25, 0.3) is 0 Å². The molecule has 5 nitrogen and oxygen atoms in total. The van der Waals surface area contributed by atoms with Gasteiger partial charge in [0.2, 0.25) is 0 Å². The van der Waals surface area contributed by atoms with Gasteiger partial charge in [-0.1, -0.05) is 84.0 Å². The van der Waals surface area contributed by atoms with Crippen LogP contribution in [0.2, 0.25) is 0 Å². The molecule has 5 heteroatoms. The Balaban J connectivity index is 4.05. The molecule has 0 aliphatic carbocycles. The molecule has 0 heterocycles. The molecule has 2 N–H and O–H groups in total. The van der Waals surface area contributed by atoms with Crippen LogP contribution in [0.25, 0.3) is 0 Å². The van der Waals surface area contributed by atoms with E-state index in [1.165, 1.54) is 32.1 Å². The van der Waals surface area contributed by atoms with Crippen molar-refractivity contribution in [1.29, 1.82) is 0 Å². The third-order valence-electron chi connectivity index (χ3n) is 5.84. The third-order valence-corrected chi connectivity index (χ3v) is 5.84. The minimum absolute atomic E-state index is 0.0620. The van der Waals surface area contributed by atoms with Gasteiger partial charge in [0.15, 0.2) is 0 Å². The van der Waals surface area contributed by atoms with E-state index in [4.69, 9.17) is 14.6 Å². The van der Waals surface area contributed by atoms with Gasteiger partial charge in [-0.15, -0.1) is 0 Å². The molecule has 0 aromatic carbocycles. The second-order valence-corrected chi connectivity index (χ2v) is 8.78. The first kappa shape index (κ1) is 30.4. The molecule has 0 aliphatic heterocycles. The fourth-order valence-electron chi connectivity index (χ4n) is 3.89. The van der Waals surface area contributed by atoms with Crippen molar-refractivity contribution < 1.29 is 24.5 Å². The highest BCUT2D eigenvalue weighted by Gasteiger charge is 2.19. The topological polar surface area (TPSA) is 76.0 Å². The van der Waals surface area contributed by atoms with E-state index < -0.39 is 0 Å². The average Bonchev–Trinajstić information content (AvgIpc) is 2.76. The molecule has 0 spiro atoms. The molecule has 0 bridgehead atoms. The van der Waals surface area contributed by atoms with Crippen molar-refractivity contribution in [2.45, 2.75) is 142 Å². The number of unbranched alkanes of at least 4 members (excludes halogenated alkanes) is 12. The Morgan fingerprint density at radius 1 is 0.742 bits per heavy atom. The lowest BCUT2D eigenvalue weighted by atomic mass is 9.99. The molecular formula is C26H52O5. The summed E-state index contributed by atoms with van der Waals surface area (Å²) in [5, 5.41) is 19.6. The van der Waals surface area contributed by atoms with E-state index in [0.29, 0.717) is 19.6 Å². The van der Waals surface area contributed by atoms with Crippen LogP contribution in [-0.2, 0) is 14.3 Å². The maximum Gasteiger partial charge on any atom is 0.305 e. The van der Waals surface area contributed by atoms with Crippen molar-refractivity contribution in [2.75, 3.05) is 19.8 Å². The van der Waals surface area contributed by atoms with E-state index in [-0.39, 0.29) is 24.8 Å². The molecule has 186 valence electrons. The van der Waals surface area contributed by atoms with Crippen LogP contribution < -0.4 is 0 Å². The fourth-order valence-corrected chi connectivity index (χ4v) is 3.89. The number of hydrogen-bond acceptors (Lipinski definition) is 5. The quantitative estimate of drug-likeness (QED) is 0.134. The molecule has 0 saturated carbocycles. The molecule has 0 aromatic rings. The Labute approximate surface area is 192 Å². The van der Waals surface area contributed by atoms with Gasteiger partial charge in [-0.05, 0) is 39.0 Å². The number of esters is 1. The van der Waals surface area contributed by atoms with Crippen LogP contribution in [0.5, 0.6) is 0 Å². The molecule has 31 heavy (non-hydrogen) atoms. The summed E-state index contributed by atoms with van der Waals surface area (Å²) in [6.07, 6.45) is 18.4. The summed E-state index contributed by atoms with van der Waals surface area (Å²) in [5.74, 6) is -0.0900. The summed E-state index contributed by atoms with van der Waals surface area (Å²) >= 11 is 0. The van der Waals surface area contributed by atoms with Gasteiger partial charge in [0.05, 0.1) is 18.8 Å². The molecule has 0 aromatic heterocycles. The first-order valence-corrected chi connectivity index (χ1v) is 13.2. The van der Waals surface area contributed by atoms with Crippen molar-refractivity contribution in [3.63, 3.8) is 0 Å². The van der Waals surface area contributed by atoms with Crippen LogP contribution in [0.15, 0.2) is 0 Å². The van der Waals surface area contributed by atoms with Gasteiger partial charge in [-0.3, -0.25) is 4.79 Å². The smallest absolute Gasteiger partial charge is 0.305 e. The number of ether oxygens (including phenoxy) is 2. The Bertz CT molecular complexity index is 375. The van der Waals surface area contributed by atoms with E-state index in [1.54, 1.807) is 0 Å². The molecule has 2 unspecified atom stereocenters. The van der Waals surface area contributed by atoms with Gasteiger partial charge in [0.1, 0.15) is 0 Å². The number of carbonyl (C=O) groups excluding carboxylic acids is 1. The Morgan fingerprint density at radius 3 is 2.00 bits per heavy atom. The standard InChI is InChI=1S/C26H52O5/c1-3-5-6-7-9-14-19-24(28)25(31-23-18-13-12-17-22-27)20-15-10-8-11-16-21-26(29)30-4-2/h24-25,27-28H,3-23H2,1-2H3. The minimum Gasteiger partial charge on any atom is -0.466 e. The van der Waals surface area contributed by atoms with Gasteiger partial charge in [0, 0.05) is 19.6 Å². The first-order valence-electron chi connectivity index (χ1n) is 13.2. The van der Waals surface area contributed by atoms with Crippen molar-refractivity contribution in [3.05, 3.63) is 0 Å². The van der Waals surface area contributed by atoms with Crippen molar-refractivity contribution in [2.24, 2.45) is 0 Å². The number of hydrogen-bond donors (Lipinski definition) is 2. The molecule has 0 rings (SSSR count). The van der Waals surface area contributed by atoms with Crippen LogP contribution in [-0.4, -0.2) is 48.2 Å². The van der Waals surface area contributed by atoms with E-state index in [2.05, 4.69) is 6.92 Å². The zero-order valence-electron chi connectivity index (χ0n) is 20.6. The van der Waals surface area contributed by atoms with E-state index in [0.717, 1.165) is 77.0 Å².